The number of rotatable bonds is 4. The number of benzene rings is 2. The van der Waals surface area contributed by atoms with Crippen LogP contribution in [0.3, 0.4) is 0 Å². The molecule has 3 aromatic rings. The molecular formula is C25H24F3NO5S. The summed E-state index contributed by atoms with van der Waals surface area (Å²) in [4.78, 5) is 15.7. The lowest BCUT2D eigenvalue weighted by atomic mass is 10.0. The van der Waals surface area contributed by atoms with Crippen molar-refractivity contribution in [3.8, 4) is 28.4 Å². The molecule has 2 heterocycles. The average molecular weight is 508 g/mol. The normalized spacial score (nSPS) is 15.7. The number of amides is 1. The molecule has 1 atom stereocenters. The van der Waals surface area contributed by atoms with Gasteiger partial charge in [-0.3, -0.25) is 4.90 Å². The van der Waals surface area contributed by atoms with Crippen LogP contribution in [0.1, 0.15) is 31.7 Å². The van der Waals surface area contributed by atoms with Crippen LogP contribution in [0.5, 0.6) is 17.2 Å². The lowest BCUT2D eigenvalue weighted by Gasteiger charge is -2.38. The smallest absolute Gasteiger partial charge is 0.496 e. The number of methoxy groups -OCH3 is 1. The van der Waals surface area contributed by atoms with Gasteiger partial charge in [0, 0.05) is 5.56 Å². The van der Waals surface area contributed by atoms with Crippen LogP contribution in [-0.2, 0) is 4.74 Å². The lowest BCUT2D eigenvalue weighted by Crippen LogP contribution is -2.43. The van der Waals surface area contributed by atoms with Crippen LogP contribution < -0.4 is 19.1 Å². The standard InChI is InChI=1S/C25H24F3NO5S/c1-24(2,3)34-23(30)29-18-10-6-9-17(15-7-5-8-16(13-15)33-25(26,27)28)21(18)32-14-19(29)22-20(31-4)11-12-35-22/h5-13,19H,14H2,1-4H3. The van der Waals surface area contributed by atoms with E-state index in [0.29, 0.717) is 28.3 Å². The van der Waals surface area contributed by atoms with E-state index < -0.39 is 24.1 Å². The van der Waals surface area contributed by atoms with Crippen molar-refractivity contribution in [2.75, 3.05) is 18.6 Å². The predicted molar refractivity (Wildman–Crippen MR) is 126 cm³/mol. The van der Waals surface area contributed by atoms with Crippen molar-refractivity contribution in [2.45, 2.75) is 38.8 Å². The van der Waals surface area contributed by atoms with Gasteiger partial charge in [0.2, 0.25) is 0 Å². The summed E-state index contributed by atoms with van der Waals surface area (Å²) < 4.78 is 59.6. The molecule has 0 spiro atoms. The molecule has 6 nitrogen and oxygen atoms in total. The largest absolute Gasteiger partial charge is 0.573 e. The number of alkyl halides is 3. The quantitative estimate of drug-likeness (QED) is 0.374. The van der Waals surface area contributed by atoms with Crippen LogP contribution in [0.2, 0.25) is 0 Å². The number of carbonyl (C=O) groups is 1. The van der Waals surface area contributed by atoms with Crippen LogP contribution in [0.25, 0.3) is 11.1 Å². The summed E-state index contributed by atoms with van der Waals surface area (Å²) in [6.45, 7) is 5.42. The number of fused-ring (bicyclic) bond motifs is 1. The van der Waals surface area contributed by atoms with E-state index in [-0.39, 0.29) is 12.4 Å². The van der Waals surface area contributed by atoms with Gasteiger partial charge in [-0.05, 0) is 56.0 Å². The lowest BCUT2D eigenvalue weighted by molar-refractivity contribution is -0.274. The summed E-state index contributed by atoms with van der Waals surface area (Å²) in [6.07, 6.45) is -5.39. The van der Waals surface area contributed by atoms with Gasteiger partial charge < -0.3 is 18.9 Å². The van der Waals surface area contributed by atoms with Gasteiger partial charge in [0.25, 0.3) is 0 Å². The maximum atomic E-state index is 13.4. The fraction of sp³-hybridized carbons (Fsp3) is 0.320. The van der Waals surface area contributed by atoms with Gasteiger partial charge in [0.05, 0.1) is 17.7 Å². The highest BCUT2D eigenvalue weighted by molar-refractivity contribution is 7.10. The molecule has 1 amide bonds. The number of hydrogen-bond acceptors (Lipinski definition) is 6. The van der Waals surface area contributed by atoms with E-state index >= 15 is 0 Å². The Morgan fingerprint density at radius 3 is 2.54 bits per heavy atom. The fourth-order valence-corrected chi connectivity index (χ4v) is 4.75. The molecule has 1 aliphatic heterocycles. The molecule has 0 saturated heterocycles. The number of ether oxygens (including phenoxy) is 4. The number of carbonyl (C=O) groups excluding carboxylic acids is 1. The number of anilines is 1. The molecule has 1 unspecified atom stereocenters. The van der Waals surface area contributed by atoms with Gasteiger partial charge in [-0.1, -0.05) is 24.3 Å². The van der Waals surface area contributed by atoms with Crippen molar-refractivity contribution in [2.24, 2.45) is 0 Å². The van der Waals surface area contributed by atoms with Gasteiger partial charge in [0.1, 0.15) is 29.7 Å². The maximum absolute atomic E-state index is 13.4. The Balaban J connectivity index is 1.80. The highest BCUT2D eigenvalue weighted by Gasteiger charge is 2.39. The predicted octanol–water partition coefficient (Wildman–Crippen LogP) is 7.20. The average Bonchev–Trinajstić information content (AvgIpc) is 3.24. The molecule has 0 N–H and O–H groups in total. The minimum Gasteiger partial charge on any atom is -0.496 e. The second-order valence-electron chi connectivity index (χ2n) is 8.76. The Morgan fingerprint density at radius 2 is 1.86 bits per heavy atom. The van der Waals surface area contributed by atoms with Crippen molar-refractivity contribution in [3.05, 3.63) is 58.8 Å². The monoisotopic (exact) mass is 507 g/mol. The first kappa shape index (κ1) is 24.7. The van der Waals surface area contributed by atoms with Crippen LogP contribution >= 0.6 is 11.3 Å². The zero-order chi connectivity index (χ0) is 25.4. The first-order valence-corrected chi connectivity index (χ1v) is 11.6. The van der Waals surface area contributed by atoms with E-state index in [0.717, 1.165) is 4.88 Å². The third kappa shape index (κ3) is 5.48. The van der Waals surface area contributed by atoms with Gasteiger partial charge >= 0.3 is 12.5 Å². The Labute approximate surface area is 204 Å². The van der Waals surface area contributed by atoms with Gasteiger partial charge in [0.15, 0.2) is 5.75 Å². The molecular weight excluding hydrogens is 483 g/mol. The van der Waals surface area contributed by atoms with E-state index in [1.54, 1.807) is 52.1 Å². The third-order valence-electron chi connectivity index (χ3n) is 5.10. The van der Waals surface area contributed by atoms with Crippen molar-refractivity contribution in [1.82, 2.24) is 0 Å². The zero-order valence-corrected chi connectivity index (χ0v) is 20.3. The van der Waals surface area contributed by atoms with Gasteiger partial charge in [-0.15, -0.1) is 24.5 Å². The van der Waals surface area contributed by atoms with Crippen molar-refractivity contribution in [3.63, 3.8) is 0 Å². The Bertz CT molecular complexity index is 1220. The first-order chi connectivity index (χ1) is 16.5. The Morgan fingerprint density at radius 1 is 1.11 bits per heavy atom. The van der Waals surface area contributed by atoms with E-state index in [1.165, 1.54) is 34.4 Å². The second-order valence-corrected chi connectivity index (χ2v) is 9.71. The number of hydrogen-bond donors (Lipinski definition) is 0. The summed E-state index contributed by atoms with van der Waals surface area (Å²) in [5.74, 6) is 0.622. The van der Waals surface area contributed by atoms with Gasteiger partial charge in [-0.2, -0.15) is 0 Å². The molecule has 0 aliphatic carbocycles. The fourth-order valence-electron chi connectivity index (χ4n) is 3.81. The molecule has 1 aromatic heterocycles. The molecule has 186 valence electrons. The Hall–Kier alpha value is -3.40. The molecule has 10 heteroatoms. The van der Waals surface area contributed by atoms with E-state index in [9.17, 15) is 18.0 Å². The zero-order valence-electron chi connectivity index (χ0n) is 19.5. The summed E-state index contributed by atoms with van der Waals surface area (Å²) in [7, 11) is 1.55. The van der Waals surface area contributed by atoms with Gasteiger partial charge in [-0.25, -0.2) is 4.79 Å². The molecule has 4 rings (SSSR count). The second kappa shape index (κ2) is 9.33. The van der Waals surface area contributed by atoms with Crippen molar-refractivity contribution >= 4 is 23.1 Å². The first-order valence-electron chi connectivity index (χ1n) is 10.7. The molecule has 0 radical (unpaired) electrons. The minimum atomic E-state index is -4.81. The molecule has 0 bridgehead atoms. The number of nitrogens with zero attached hydrogens (tertiary/aromatic N) is 1. The number of halogens is 3. The third-order valence-corrected chi connectivity index (χ3v) is 6.10. The van der Waals surface area contributed by atoms with E-state index in [2.05, 4.69) is 4.74 Å². The summed E-state index contributed by atoms with van der Waals surface area (Å²) in [6, 6.07) is 12.0. The van der Waals surface area contributed by atoms with Crippen molar-refractivity contribution < 1.29 is 36.9 Å². The minimum absolute atomic E-state index is 0.0961. The van der Waals surface area contributed by atoms with E-state index in [1.807, 2.05) is 11.4 Å². The highest BCUT2D eigenvalue weighted by atomic mass is 32.1. The summed E-state index contributed by atoms with van der Waals surface area (Å²) in [5, 5.41) is 1.86. The highest BCUT2D eigenvalue weighted by Crippen LogP contribution is 2.48. The molecule has 0 fully saturated rings. The Kier molecular flexibility index (Phi) is 6.59. The molecule has 0 saturated carbocycles. The summed E-state index contributed by atoms with van der Waals surface area (Å²) >= 11 is 1.42. The van der Waals surface area contributed by atoms with Crippen molar-refractivity contribution in [1.29, 1.82) is 0 Å². The molecule has 2 aromatic carbocycles. The summed E-state index contributed by atoms with van der Waals surface area (Å²) in [5.41, 5.74) is 0.645. The van der Waals surface area contributed by atoms with Crippen LogP contribution in [0.4, 0.5) is 23.7 Å². The topological polar surface area (TPSA) is 57.2 Å². The number of thiophene rings is 1. The number of para-hydroxylation sites is 1. The SMILES string of the molecule is COc1ccsc1C1COc2c(-c3cccc(OC(F)(F)F)c3)cccc2N1C(=O)OC(C)(C)C. The molecule has 35 heavy (non-hydrogen) atoms. The van der Waals surface area contributed by atoms with Crippen LogP contribution in [0.15, 0.2) is 53.9 Å². The molecule has 1 aliphatic rings. The van der Waals surface area contributed by atoms with E-state index in [4.69, 9.17) is 14.2 Å². The van der Waals surface area contributed by atoms with Crippen LogP contribution in [0, 0.1) is 0 Å². The maximum Gasteiger partial charge on any atom is 0.573 e. The van der Waals surface area contributed by atoms with Crippen LogP contribution in [-0.4, -0.2) is 31.8 Å².